The Hall–Kier alpha value is -1.95. The Morgan fingerprint density at radius 3 is 2.90 bits per heavy atom. The summed E-state index contributed by atoms with van der Waals surface area (Å²) in [4.78, 5) is 31.8. The third kappa shape index (κ3) is 3.05. The highest BCUT2D eigenvalue weighted by atomic mass is 16.2. The fraction of sp³-hybridized carbons (Fsp3) is 0.533. The minimum Gasteiger partial charge on any atom is -0.355 e. The van der Waals surface area contributed by atoms with Gasteiger partial charge in [0, 0.05) is 44.5 Å². The number of hydrogen-bond donors (Lipinski definition) is 1. The van der Waals surface area contributed by atoms with Crippen LogP contribution >= 0.6 is 0 Å². The van der Waals surface area contributed by atoms with Crippen LogP contribution in [0.3, 0.4) is 0 Å². The first-order valence-corrected chi connectivity index (χ1v) is 7.26. The molecule has 0 aliphatic carbocycles. The van der Waals surface area contributed by atoms with Crippen molar-refractivity contribution in [2.45, 2.75) is 6.54 Å². The van der Waals surface area contributed by atoms with Crippen molar-refractivity contribution >= 4 is 11.8 Å². The van der Waals surface area contributed by atoms with Crippen LogP contribution in [0.15, 0.2) is 24.5 Å². The number of rotatable bonds is 4. The fourth-order valence-electron chi connectivity index (χ4n) is 3.13. The summed E-state index contributed by atoms with van der Waals surface area (Å²) in [6.45, 7) is 3.07. The zero-order chi connectivity index (χ0) is 14.8. The molecule has 2 fully saturated rings. The van der Waals surface area contributed by atoms with Gasteiger partial charge in [-0.3, -0.25) is 19.5 Å². The molecule has 2 atom stereocenters. The van der Waals surface area contributed by atoms with Crippen molar-refractivity contribution in [3.63, 3.8) is 0 Å². The molecule has 6 heteroatoms. The maximum Gasteiger partial charge on any atom is 0.236 e. The van der Waals surface area contributed by atoms with Crippen molar-refractivity contribution in [3.8, 4) is 0 Å². The smallest absolute Gasteiger partial charge is 0.236 e. The van der Waals surface area contributed by atoms with E-state index >= 15 is 0 Å². The fourth-order valence-corrected chi connectivity index (χ4v) is 3.13. The van der Waals surface area contributed by atoms with E-state index in [9.17, 15) is 9.59 Å². The first kappa shape index (κ1) is 14.0. The van der Waals surface area contributed by atoms with E-state index in [0.717, 1.165) is 12.1 Å². The molecule has 0 saturated carbocycles. The van der Waals surface area contributed by atoms with E-state index in [-0.39, 0.29) is 17.7 Å². The van der Waals surface area contributed by atoms with Gasteiger partial charge in [0.05, 0.1) is 12.5 Å². The third-order valence-corrected chi connectivity index (χ3v) is 4.28. The van der Waals surface area contributed by atoms with Crippen molar-refractivity contribution in [1.29, 1.82) is 0 Å². The van der Waals surface area contributed by atoms with Crippen LogP contribution in [0.5, 0.6) is 0 Å². The number of carbonyl (C=O) groups excluding carboxylic acids is 2. The molecular formula is C15H20N4O2. The minimum absolute atomic E-state index is 0.000506. The number of likely N-dealkylation sites (N-methyl/N-ethyl adjacent to an activating group) is 1. The number of carbonyl (C=O) groups is 2. The van der Waals surface area contributed by atoms with E-state index in [1.165, 1.54) is 0 Å². The van der Waals surface area contributed by atoms with E-state index in [2.05, 4.69) is 10.3 Å². The van der Waals surface area contributed by atoms with Gasteiger partial charge in [0.2, 0.25) is 11.8 Å². The lowest BCUT2D eigenvalue weighted by atomic mass is 10.0. The molecule has 0 bridgehead atoms. The van der Waals surface area contributed by atoms with Gasteiger partial charge in [0.25, 0.3) is 0 Å². The zero-order valence-electron chi connectivity index (χ0n) is 12.2. The Labute approximate surface area is 124 Å². The number of likely N-dealkylation sites (tertiary alicyclic amines) is 1. The molecule has 2 saturated heterocycles. The largest absolute Gasteiger partial charge is 0.355 e. The van der Waals surface area contributed by atoms with Gasteiger partial charge in [0.15, 0.2) is 0 Å². The van der Waals surface area contributed by atoms with E-state index < -0.39 is 0 Å². The van der Waals surface area contributed by atoms with Gasteiger partial charge in [-0.15, -0.1) is 0 Å². The Kier molecular flexibility index (Phi) is 3.88. The van der Waals surface area contributed by atoms with E-state index in [1.54, 1.807) is 12.4 Å². The topological polar surface area (TPSA) is 65.5 Å². The molecule has 3 heterocycles. The van der Waals surface area contributed by atoms with E-state index in [0.29, 0.717) is 32.1 Å². The molecule has 2 amide bonds. The first-order valence-electron chi connectivity index (χ1n) is 7.26. The molecule has 1 N–H and O–H groups in total. The van der Waals surface area contributed by atoms with Crippen LogP contribution in [-0.4, -0.2) is 59.8 Å². The number of nitrogens with one attached hydrogen (secondary N) is 1. The summed E-state index contributed by atoms with van der Waals surface area (Å²) in [6, 6.07) is 3.90. The van der Waals surface area contributed by atoms with Gasteiger partial charge in [-0.2, -0.15) is 0 Å². The van der Waals surface area contributed by atoms with E-state index in [4.69, 9.17) is 0 Å². The van der Waals surface area contributed by atoms with Crippen molar-refractivity contribution in [3.05, 3.63) is 30.1 Å². The Morgan fingerprint density at radius 2 is 2.19 bits per heavy atom. The second-order valence-corrected chi connectivity index (χ2v) is 5.94. The van der Waals surface area contributed by atoms with Crippen molar-refractivity contribution in [2.24, 2.45) is 11.8 Å². The van der Waals surface area contributed by atoms with Crippen LogP contribution in [-0.2, 0) is 16.1 Å². The highest BCUT2D eigenvalue weighted by molar-refractivity contribution is 5.84. The molecular weight excluding hydrogens is 268 g/mol. The van der Waals surface area contributed by atoms with E-state index in [1.807, 2.05) is 29.0 Å². The van der Waals surface area contributed by atoms with Crippen molar-refractivity contribution in [1.82, 2.24) is 20.1 Å². The molecule has 1 aromatic rings. The minimum atomic E-state index is -0.000506. The zero-order valence-corrected chi connectivity index (χ0v) is 12.2. The van der Waals surface area contributed by atoms with Crippen LogP contribution in [0, 0.1) is 11.8 Å². The molecule has 2 aliphatic rings. The predicted molar refractivity (Wildman–Crippen MR) is 77.1 cm³/mol. The predicted octanol–water partition coefficient (Wildman–Crippen LogP) is -0.282. The highest BCUT2D eigenvalue weighted by Gasteiger charge is 2.43. The van der Waals surface area contributed by atoms with Gasteiger partial charge >= 0.3 is 0 Å². The summed E-state index contributed by atoms with van der Waals surface area (Å²) in [5, 5.41) is 2.86. The second kappa shape index (κ2) is 5.81. The molecule has 0 spiro atoms. The second-order valence-electron chi connectivity index (χ2n) is 5.94. The standard InChI is InChI=1S/C15H20N4O2/c1-18(7-11-2-4-16-5-3-11)10-14(20)19-8-12-6-17-15(21)13(12)9-19/h2-5,12-13H,6-10H2,1H3,(H,17,21)/t12-,13+/m0/s1. The lowest BCUT2D eigenvalue weighted by molar-refractivity contribution is -0.131. The molecule has 6 nitrogen and oxygen atoms in total. The Bertz CT molecular complexity index is 534. The average molecular weight is 288 g/mol. The van der Waals surface area contributed by atoms with Crippen LogP contribution in [0.25, 0.3) is 0 Å². The Morgan fingerprint density at radius 1 is 1.43 bits per heavy atom. The summed E-state index contributed by atoms with van der Waals surface area (Å²) >= 11 is 0. The van der Waals surface area contributed by atoms with Gasteiger partial charge in [0.1, 0.15) is 0 Å². The van der Waals surface area contributed by atoms with Crippen LogP contribution in [0.4, 0.5) is 0 Å². The quantitative estimate of drug-likeness (QED) is 0.827. The molecule has 0 radical (unpaired) electrons. The molecule has 0 aromatic carbocycles. The lowest BCUT2D eigenvalue weighted by Gasteiger charge is -2.22. The van der Waals surface area contributed by atoms with Gasteiger partial charge < -0.3 is 10.2 Å². The number of amides is 2. The maximum absolute atomic E-state index is 12.3. The SMILES string of the molecule is CN(CC(=O)N1C[C@@H]2CNC(=O)[C@@H]2C1)Cc1ccncc1. The first-order chi connectivity index (χ1) is 10.1. The van der Waals surface area contributed by atoms with Gasteiger partial charge in [-0.05, 0) is 24.7 Å². The number of pyridine rings is 1. The summed E-state index contributed by atoms with van der Waals surface area (Å²) in [6.07, 6.45) is 3.51. The third-order valence-electron chi connectivity index (χ3n) is 4.28. The molecule has 0 unspecified atom stereocenters. The summed E-state index contributed by atoms with van der Waals surface area (Å²) in [5.41, 5.74) is 1.14. The highest BCUT2D eigenvalue weighted by Crippen LogP contribution is 2.27. The Balaban J connectivity index is 1.51. The number of fused-ring (bicyclic) bond motifs is 1. The van der Waals surface area contributed by atoms with Crippen molar-refractivity contribution in [2.75, 3.05) is 33.2 Å². The average Bonchev–Trinajstić information content (AvgIpc) is 3.02. The van der Waals surface area contributed by atoms with Crippen LogP contribution < -0.4 is 5.32 Å². The van der Waals surface area contributed by atoms with Gasteiger partial charge in [-0.25, -0.2) is 0 Å². The van der Waals surface area contributed by atoms with Crippen LogP contribution in [0.1, 0.15) is 5.56 Å². The maximum atomic E-state index is 12.3. The molecule has 112 valence electrons. The summed E-state index contributed by atoms with van der Waals surface area (Å²) in [7, 11) is 1.93. The number of hydrogen-bond acceptors (Lipinski definition) is 4. The number of aromatic nitrogens is 1. The molecule has 21 heavy (non-hydrogen) atoms. The van der Waals surface area contributed by atoms with Gasteiger partial charge in [-0.1, -0.05) is 0 Å². The monoisotopic (exact) mass is 288 g/mol. The number of nitrogens with zero attached hydrogens (tertiary/aromatic N) is 3. The normalized spacial score (nSPS) is 24.3. The molecule has 1 aromatic heterocycles. The molecule has 3 rings (SSSR count). The molecule has 2 aliphatic heterocycles. The summed E-state index contributed by atoms with van der Waals surface area (Å²) < 4.78 is 0. The van der Waals surface area contributed by atoms with Crippen LogP contribution in [0.2, 0.25) is 0 Å². The van der Waals surface area contributed by atoms with Crippen molar-refractivity contribution < 1.29 is 9.59 Å². The summed E-state index contributed by atoms with van der Waals surface area (Å²) in [5.74, 6) is 0.501. The lowest BCUT2D eigenvalue weighted by Crippen LogP contribution is -2.39.